The molecule has 0 aliphatic heterocycles. The first-order chi connectivity index (χ1) is 8.94. The molecule has 6 nitrogen and oxygen atoms in total. The van der Waals surface area contributed by atoms with Gasteiger partial charge in [-0.1, -0.05) is 31.8 Å². The number of hydrogen-bond acceptors (Lipinski definition) is 4. The molecule has 0 aliphatic rings. The number of oxime groups is 1. The molecule has 112 valence electrons. The summed E-state index contributed by atoms with van der Waals surface area (Å²) in [6, 6.07) is 0. The van der Waals surface area contributed by atoms with E-state index in [-0.39, 0.29) is 11.7 Å². The average molecular weight is 272 g/mol. The third-order valence-corrected chi connectivity index (χ3v) is 3.23. The molecule has 0 aromatic carbocycles. The van der Waals surface area contributed by atoms with Crippen molar-refractivity contribution in [3.05, 3.63) is 0 Å². The van der Waals surface area contributed by atoms with Crippen molar-refractivity contribution in [2.45, 2.75) is 39.5 Å². The van der Waals surface area contributed by atoms with Gasteiger partial charge in [-0.2, -0.15) is 0 Å². The number of rotatable bonds is 9. The molecular formula is C13H28N4O2. The normalized spacial score (nSPS) is 12.8. The molecule has 0 spiro atoms. The molecule has 0 saturated carbocycles. The van der Waals surface area contributed by atoms with E-state index in [0.29, 0.717) is 19.4 Å². The van der Waals surface area contributed by atoms with Crippen LogP contribution in [0.5, 0.6) is 0 Å². The number of likely N-dealkylation sites (N-methyl/N-ethyl adjacent to an activating group) is 1. The number of hydrogen-bond donors (Lipinski definition) is 3. The lowest BCUT2D eigenvalue weighted by Gasteiger charge is -2.30. The molecule has 4 N–H and O–H groups in total. The molecule has 0 bridgehead atoms. The summed E-state index contributed by atoms with van der Waals surface area (Å²) in [5.74, 6) is -0.132. The highest BCUT2D eigenvalue weighted by Gasteiger charge is 2.41. The number of nitrogens with zero attached hydrogens (tertiary/aromatic N) is 2. The zero-order chi connectivity index (χ0) is 14.9. The number of nitrogens with two attached hydrogens (primary N) is 1. The van der Waals surface area contributed by atoms with Gasteiger partial charge >= 0.3 is 0 Å². The van der Waals surface area contributed by atoms with E-state index in [1.165, 1.54) is 0 Å². The number of amidine groups is 1. The Kier molecular flexibility index (Phi) is 8.14. The summed E-state index contributed by atoms with van der Waals surface area (Å²) >= 11 is 0. The minimum atomic E-state index is -0.884. The third-order valence-electron chi connectivity index (χ3n) is 3.23. The van der Waals surface area contributed by atoms with Crippen molar-refractivity contribution in [1.82, 2.24) is 10.2 Å². The van der Waals surface area contributed by atoms with Gasteiger partial charge in [0.15, 0.2) is 5.84 Å². The van der Waals surface area contributed by atoms with Crippen LogP contribution in [0.2, 0.25) is 0 Å². The summed E-state index contributed by atoms with van der Waals surface area (Å²) in [7, 11) is 3.89. The van der Waals surface area contributed by atoms with Gasteiger partial charge < -0.3 is 21.2 Å². The summed E-state index contributed by atoms with van der Waals surface area (Å²) in [5.41, 5.74) is 4.90. The van der Waals surface area contributed by atoms with Crippen LogP contribution in [0, 0.1) is 5.41 Å². The van der Waals surface area contributed by atoms with Gasteiger partial charge in [0.05, 0.1) is 0 Å². The quantitative estimate of drug-likeness (QED) is 0.253. The van der Waals surface area contributed by atoms with Crippen LogP contribution in [-0.2, 0) is 4.79 Å². The maximum absolute atomic E-state index is 12.4. The van der Waals surface area contributed by atoms with Crippen molar-refractivity contribution in [1.29, 1.82) is 0 Å². The summed E-state index contributed by atoms with van der Waals surface area (Å²) in [6.07, 6.45) is 2.78. The topological polar surface area (TPSA) is 91.0 Å². The zero-order valence-electron chi connectivity index (χ0n) is 12.6. The Morgan fingerprint density at radius 3 is 2.21 bits per heavy atom. The predicted octanol–water partition coefficient (Wildman–Crippen LogP) is 0.997. The van der Waals surface area contributed by atoms with Gasteiger partial charge in [0.1, 0.15) is 5.41 Å². The molecule has 19 heavy (non-hydrogen) atoms. The average Bonchev–Trinajstić information content (AvgIpc) is 2.36. The molecule has 0 atom stereocenters. The van der Waals surface area contributed by atoms with E-state index >= 15 is 0 Å². The minimum Gasteiger partial charge on any atom is -0.409 e. The SMILES string of the molecule is CCCC(CCC)(C(=O)NCCN(C)C)C(N)=NO. The molecule has 0 aromatic heterocycles. The molecule has 0 rings (SSSR count). The first-order valence-electron chi connectivity index (χ1n) is 6.85. The summed E-state index contributed by atoms with van der Waals surface area (Å²) in [5, 5.41) is 14.9. The highest BCUT2D eigenvalue weighted by Crippen LogP contribution is 2.30. The van der Waals surface area contributed by atoms with Gasteiger partial charge in [0.25, 0.3) is 0 Å². The smallest absolute Gasteiger partial charge is 0.233 e. The van der Waals surface area contributed by atoms with E-state index in [0.717, 1.165) is 19.4 Å². The molecular weight excluding hydrogens is 244 g/mol. The van der Waals surface area contributed by atoms with Crippen molar-refractivity contribution in [2.24, 2.45) is 16.3 Å². The van der Waals surface area contributed by atoms with E-state index in [1.807, 2.05) is 32.8 Å². The van der Waals surface area contributed by atoms with E-state index in [9.17, 15) is 4.79 Å². The van der Waals surface area contributed by atoms with Gasteiger partial charge in [0.2, 0.25) is 5.91 Å². The van der Waals surface area contributed by atoms with E-state index in [1.54, 1.807) is 0 Å². The number of carbonyl (C=O) groups excluding carboxylic acids is 1. The number of nitrogens with one attached hydrogen (secondary N) is 1. The van der Waals surface area contributed by atoms with E-state index in [4.69, 9.17) is 10.9 Å². The van der Waals surface area contributed by atoms with Crippen LogP contribution in [0.15, 0.2) is 5.16 Å². The summed E-state index contributed by atoms with van der Waals surface area (Å²) < 4.78 is 0. The maximum atomic E-state index is 12.4. The van der Waals surface area contributed by atoms with Gasteiger partial charge in [-0.05, 0) is 26.9 Å². The minimum absolute atomic E-state index is 0.0125. The van der Waals surface area contributed by atoms with Crippen LogP contribution < -0.4 is 11.1 Å². The Morgan fingerprint density at radius 2 is 1.84 bits per heavy atom. The van der Waals surface area contributed by atoms with Gasteiger partial charge in [-0.3, -0.25) is 4.79 Å². The Morgan fingerprint density at radius 1 is 1.32 bits per heavy atom. The summed E-state index contributed by atoms with van der Waals surface area (Å²) in [4.78, 5) is 14.4. The van der Waals surface area contributed by atoms with Crippen molar-refractivity contribution < 1.29 is 10.0 Å². The Bertz CT molecular complexity index is 297. The molecule has 0 fully saturated rings. The van der Waals surface area contributed by atoms with E-state index in [2.05, 4.69) is 10.5 Å². The summed E-state index contributed by atoms with van der Waals surface area (Å²) in [6.45, 7) is 5.29. The van der Waals surface area contributed by atoms with Gasteiger partial charge in [-0.15, -0.1) is 0 Å². The molecule has 1 amide bonds. The fraction of sp³-hybridized carbons (Fsp3) is 0.846. The lowest BCUT2D eigenvalue weighted by atomic mass is 9.77. The fourth-order valence-electron chi connectivity index (χ4n) is 2.24. The lowest BCUT2D eigenvalue weighted by Crippen LogP contribution is -2.50. The molecule has 0 radical (unpaired) electrons. The largest absolute Gasteiger partial charge is 0.409 e. The highest BCUT2D eigenvalue weighted by atomic mass is 16.4. The zero-order valence-corrected chi connectivity index (χ0v) is 12.6. The second kappa shape index (κ2) is 8.74. The third kappa shape index (κ3) is 5.06. The molecule has 0 heterocycles. The molecule has 0 aromatic rings. The Hall–Kier alpha value is -1.30. The monoisotopic (exact) mass is 272 g/mol. The maximum Gasteiger partial charge on any atom is 0.233 e. The predicted molar refractivity (Wildman–Crippen MR) is 77.2 cm³/mol. The molecule has 0 saturated heterocycles. The standard InChI is InChI=1S/C13H28N4O2/c1-5-7-13(8-6-2,11(14)16-19)12(18)15-9-10-17(3)4/h19H,5-10H2,1-4H3,(H2,14,16)(H,15,18). The number of amides is 1. The fourth-order valence-corrected chi connectivity index (χ4v) is 2.24. The van der Waals surface area contributed by atoms with Crippen molar-refractivity contribution in [3.8, 4) is 0 Å². The second-order valence-corrected chi connectivity index (χ2v) is 5.13. The van der Waals surface area contributed by atoms with Crippen LogP contribution >= 0.6 is 0 Å². The van der Waals surface area contributed by atoms with Gasteiger partial charge in [0, 0.05) is 13.1 Å². The molecule has 0 aliphatic carbocycles. The van der Waals surface area contributed by atoms with Crippen molar-refractivity contribution >= 4 is 11.7 Å². The first kappa shape index (κ1) is 17.7. The van der Waals surface area contributed by atoms with Crippen LogP contribution in [0.4, 0.5) is 0 Å². The molecule has 6 heteroatoms. The highest BCUT2D eigenvalue weighted by molar-refractivity contribution is 6.06. The molecule has 0 unspecified atom stereocenters. The number of carbonyl (C=O) groups is 1. The Labute approximate surface area is 116 Å². The van der Waals surface area contributed by atoms with Crippen LogP contribution in [0.1, 0.15) is 39.5 Å². The Balaban J connectivity index is 4.93. The van der Waals surface area contributed by atoms with Gasteiger partial charge in [-0.25, -0.2) is 0 Å². The van der Waals surface area contributed by atoms with Crippen LogP contribution in [0.25, 0.3) is 0 Å². The lowest BCUT2D eigenvalue weighted by molar-refractivity contribution is -0.128. The second-order valence-electron chi connectivity index (χ2n) is 5.13. The van der Waals surface area contributed by atoms with E-state index < -0.39 is 5.41 Å². The van der Waals surface area contributed by atoms with Crippen LogP contribution in [-0.4, -0.2) is 49.0 Å². The van der Waals surface area contributed by atoms with Crippen molar-refractivity contribution in [2.75, 3.05) is 27.2 Å². The van der Waals surface area contributed by atoms with Crippen LogP contribution in [0.3, 0.4) is 0 Å². The first-order valence-corrected chi connectivity index (χ1v) is 6.85. The van der Waals surface area contributed by atoms with Crippen molar-refractivity contribution in [3.63, 3.8) is 0 Å².